The molecule has 0 spiro atoms. The van der Waals surface area contributed by atoms with Gasteiger partial charge in [-0.05, 0) is 57.8 Å². The molecule has 2 heterocycles. The average Bonchev–Trinajstić information content (AvgIpc) is 2.95. The van der Waals surface area contributed by atoms with E-state index < -0.39 is 0 Å². The van der Waals surface area contributed by atoms with Crippen LogP contribution in [0.3, 0.4) is 0 Å². The van der Waals surface area contributed by atoms with Gasteiger partial charge in [-0.2, -0.15) is 0 Å². The third kappa shape index (κ3) is 4.66. The number of nitrogens with zero attached hydrogens (tertiary/aromatic N) is 2. The average molecular weight is 367 g/mol. The van der Waals surface area contributed by atoms with Crippen LogP contribution < -0.4 is 5.73 Å². The molecule has 1 aliphatic rings. The van der Waals surface area contributed by atoms with Crippen molar-refractivity contribution in [1.82, 2.24) is 9.47 Å². The zero-order valence-electron chi connectivity index (χ0n) is 16.3. The van der Waals surface area contributed by atoms with E-state index in [0.29, 0.717) is 6.54 Å². The Bertz CT molecular complexity index is 802. The first-order chi connectivity index (χ1) is 13.0. The molecule has 0 aliphatic carbocycles. The van der Waals surface area contributed by atoms with Crippen LogP contribution in [-0.2, 0) is 17.8 Å². The standard InChI is InChI=1S/C22H29N3O2/c1-16-14-20(17(2)25(16)13-8-18-6-4-3-5-7-18)21(26)15-24-11-9-19(10-12-24)22(23)27/h3-7,14,19H,8-13,15H2,1-2H3,(H2,23,27). The summed E-state index contributed by atoms with van der Waals surface area (Å²) in [5, 5.41) is 0. The minimum atomic E-state index is -0.220. The maximum absolute atomic E-state index is 12.8. The van der Waals surface area contributed by atoms with Crippen LogP contribution in [0.1, 0.15) is 40.2 Å². The fourth-order valence-electron chi connectivity index (χ4n) is 3.98. The number of carbonyl (C=O) groups is 2. The van der Waals surface area contributed by atoms with Crippen LogP contribution in [0.25, 0.3) is 0 Å². The van der Waals surface area contributed by atoms with Crippen molar-refractivity contribution < 1.29 is 9.59 Å². The van der Waals surface area contributed by atoms with E-state index >= 15 is 0 Å². The Labute approximate surface area is 161 Å². The van der Waals surface area contributed by atoms with Crippen LogP contribution in [0.5, 0.6) is 0 Å². The molecule has 2 N–H and O–H groups in total. The molecule has 0 saturated carbocycles. The lowest BCUT2D eigenvalue weighted by Gasteiger charge is -2.29. The SMILES string of the molecule is Cc1cc(C(=O)CN2CCC(C(N)=O)CC2)c(C)n1CCc1ccccc1. The number of benzene rings is 1. The van der Waals surface area contributed by atoms with E-state index in [1.54, 1.807) is 0 Å². The summed E-state index contributed by atoms with van der Waals surface area (Å²) >= 11 is 0. The van der Waals surface area contributed by atoms with E-state index in [9.17, 15) is 9.59 Å². The predicted molar refractivity (Wildman–Crippen MR) is 107 cm³/mol. The second-order valence-corrected chi connectivity index (χ2v) is 7.55. The number of aryl methyl sites for hydroxylation is 2. The molecular formula is C22H29N3O2. The van der Waals surface area contributed by atoms with Gasteiger partial charge in [-0.15, -0.1) is 0 Å². The molecule has 0 atom stereocenters. The van der Waals surface area contributed by atoms with Crippen molar-refractivity contribution in [2.24, 2.45) is 11.7 Å². The van der Waals surface area contributed by atoms with Gasteiger partial charge in [-0.1, -0.05) is 30.3 Å². The molecule has 1 fully saturated rings. The van der Waals surface area contributed by atoms with Crippen LogP contribution in [0, 0.1) is 19.8 Å². The lowest BCUT2D eigenvalue weighted by atomic mass is 9.96. The Morgan fingerprint density at radius 2 is 1.78 bits per heavy atom. The molecule has 144 valence electrons. The molecule has 0 unspecified atom stereocenters. The van der Waals surface area contributed by atoms with Gasteiger partial charge in [0.05, 0.1) is 6.54 Å². The fourth-order valence-corrected chi connectivity index (χ4v) is 3.98. The van der Waals surface area contributed by atoms with E-state index in [4.69, 9.17) is 5.73 Å². The van der Waals surface area contributed by atoms with Gasteiger partial charge in [0.15, 0.2) is 5.78 Å². The number of hydrogen-bond donors (Lipinski definition) is 1. The number of likely N-dealkylation sites (tertiary alicyclic amines) is 1. The number of piperidine rings is 1. The number of hydrogen-bond acceptors (Lipinski definition) is 3. The fraction of sp³-hybridized carbons (Fsp3) is 0.455. The molecule has 1 aromatic carbocycles. The van der Waals surface area contributed by atoms with Crippen LogP contribution in [-0.4, -0.2) is 40.8 Å². The highest BCUT2D eigenvalue weighted by Gasteiger charge is 2.25. The van der Waals surface area contributed by atoms with E-state index in [1.807, 2.05) is 19.1 Å². The van der Waals surface area contributed by atoms with Crippen LogP contribution in [0.2, 0.25) is 0 Å². The summed E-state index contributed by atoms with van der Waals surface area (Å²) in [6.07, 6.45) is 2.45. The van der Waals surface area contributed by atoms with Crippen molar-refractivity contribution in [3.05, 3.63) is 58.9 Å². The molecule has 0 bridgehead atoms. The number of carbonyl (C=O) groups excluding carboxylic acids is 2. The molecule has 1 aromatic heterocycles. The normalized spacial score (nSPS) is 15.8. The quantitative estimate of drug-likeness (QED) is 0.765. The third-order valence-electron chi connectivity index (χ3n) is 5.70. The lowest BCUT2D eigenvalue weighted by Crippen LogP contribution is -2.40. The minimum Gasteiger partial charge on any atom is -0.369 e. The van der Waals surface area contributed by atoms with Gasteiger partial charge >= 0.3 is 0 Å². The molecule has 27 heavy (non-hydrogen) atoms. The van der Waals surface area contributed by atoms with Gasteiger partial charge in [-0.3, -0.25) is 14.5 Å². The van der Waals surface area contributed by atoms with Crippen LogP contribution in [0.15, 0.2) is 36.4 Å². The molecule has 1 amide bonds. The highest BCUT2D eigenvalue weighted by molar-refractivity contribution is 5.99. The van der Waals surface area contributed by atoms with E-state index in [2.05, 4.69) is 40.7 Å². The zero-order valence-corrected chi connectivity index (χ0v) is 16.3. The van der Waals surface area contributed by atoms with Gasteiger partial charge < -0.3 is 10.3 Å². The number of Topliss-reactive ketones (excluding diaryl/α,β-unsaturated/α-hetero) is 1. The predicted octanol–water partition coefficient (Wildman–Crippen LogP) is 2.73. The largest absolute Gasteiger partial charge is 0.369 e. The maximum atomic E-state index is 12.8. The van der Waals surface area contributed by atoms with E-state index in [1.165, 1.54) is 5.56 Å². The summed E-state index contributed by atoms with van der Waals surface area (Å²) in [5.74, 6) is -0.103. The number of nitrogens with two attached hydrogens (primary N) is 1. The number of rotatable bonds is 7. The zero-order chi connectivity index (χ0) is 19.4. The van der Waals surface area contributed by atoms with Crippen molar-refractivity contribution in [3.8, 4) is 0 Å². The van der Waals surface area contributed by atoms with Gasteiger partial charge in [-0.25, -0.2) is 0 Å². The maximum Gasteiger partial charge on any atom is 0.220 e. The summed E-state index contributed by atoms with van der Waals surface area (Å²) < 4.78 is 2.24. The summed E-state index contributed by atoms with van der Waals surface area (Å²) in [5.41, 5.74) is 9.67. The van der Waals surface area contributed by atoms with Crippen molar-refractivity contribution in [1.29, 1.82) is 0 Å². The van der Waals surface area contributed by atoms with Crippen LogP contribution >= 0.6 is 0 Å². The Kier molecular flexibility index (Phi) is 6.11. The molecule has 1 aliphatic heterocycles. The third-order valence-corrected chi connectivity index (χ3v) is 5.70. The molecule has 5 heteroatoms. The Hall–Kier alpha value is -2.40. The number of aromatic nitrogens is 1. The van der Waals surface area contributed by atoms with Gasteiger partial charge in [0.2, 0.25) is 5.91 Å². The van der Waals surface area contributed by atoms with Gasteiger partial charge in [0.25, 0.3) is 0 Å². The lowest BCUT2D eigenvalue weighted by molar-refractivity contribution is -0.123. The number of primary amides is 1. The van der Waals surface area contributed by atoms with Crippen molar-refractivity contribution in [3.63, 3.8) is 0 Å². The topological polar surface area (TPSA) is 68.3 Å². The van der Waals surface area contributed by atoms with E-state index in [0.717, 1.165) is 55.8 Å². The van der Waals surface area contributed by atoms with Crippen molar-refractivity contribution in [2.45, 2.75) is 39.7 Å². The summed E-state index contributed by atoms with van der Waals surface area (Å²) in [6.45, 7) is 6.89. The van der Waals surface area contributed by atoms with E-state index in [-0.39, 0.29) is 17.6 Å². The second-order valence-electron chi connectivity index (χ2n) is 7.55. The van der Waals surface area contributed by atoms with Gasteiger partial charge in [0.1, 0.15) is 0 Å². The molecule has 2 aromatic rings. The first-order valence-corrected chi connectivity index (χ1v) is 9.71. The van der Waals surface area contributed by atoms with Crippen molar-refractivity contribution >= 4 is 11.7 Å². The Balaban J connectivity index is 1.61. The summed E-state index contributed by atoms with van der Waals surface area (Å²) in [6, 6.07) is 12.4. The van der Waals surface area contributed by atoms with Gasteiger partial charge in [0, 0.05) is 29.4 Å². The monoisotopic (exact) mass is 367 g/mol. The summed E-state index contributed by atoms with van der Waals surface area (Å²) in [7, 11) is 0. The summed E-state index contributed by atoms with van der Waals surface area (Å²) in [4.78, 5) is 26.3. The van der Waals surface area contributed by atoms with Crippen molar-refractivity contribution in [2.75, 3.05) is 19.6 Å². The first-order valence-electron chi connectivity index (χ1n) is 9.71. The molecular weight excluding hydrogens is 338 g/mol. The minimum absolute atomic E-state index is 0.0422. The first kappa shape index (κ1) is 19.4. The Morgan fingerprint density at radius 1 is 1.11 bits per heavy atom. The molecule has 5 nitrogen and oxygen atoms in total. The number of amides is 1. The molecule has 0 radical (unpaired) electrons. The molecule has 3 rings (SSSR count). The highest BCUT2D eigenvalue weighted by atomic mass is 16.1. The molecule has 1 saturated heterocycles. The highest BCUT2D eigenvalue weighted by Crippen LogP contribution is 2.20. The number of ketones is 1. The second kappa shape index (κ2) is 8.53. The Morgan fingerprint density at radius 3 is 2.41 bits per heavy atom. The smallest absolute Gasteiger partial charge is 0.220 e. The van der Waals surface area contributed by atoms with Crippen LogP contribution in [0.4, 0.5) is 0 Å².